The molecule has 1 atom stereocenters. The fourth-order valence-electron chi connectivity index (χ4n) is 3.02. The number of hydrogen-bond donors (Lipinski definition) is 1. The van der Waals surface area contributed by atoms with E-state index in [0.717, 1.165) is 6.04 Å². The van der Waals surface area contributed by atoms with Gasteiger partial charge in [0.1, 0.15) is 0 Å². The highest BCUT2D eigenvalue weighted by atomic mass is 14.9. The van der Waals surface area contributed by atoms with Crippen molar-refractivity contribution in [1.29, 1.82) is 0 Å². The quantitative estimate of drug-likeness (QED) is 0.679. The first-order valence-corrected chi connectivity index (χ1v) is 6.77. The Morgan fingerprint density at radius 2 is 1.93 bits per heavy atom. The topological polar surface area (TPSA) is 12.0 Å². The largest absolute Gasteiger partial charge is 0.314 e. The van der Waals surface area contributed by atoms with Crippen LogP contribution in [0.25, 0.3) is 0 Å². The smallest absolute Gasteiger partial charge is 0.0104 e. The van der Waals surface area contributed by atoms with Crippen LogP contribution in [0.15, 0.2) is 11.1 Å². The Hall–Kier alpha value is -0.300. The third-order valence-corrected chi connectivity index (χ3v) is 4.03. The zero-order valence-electron chi connectivity index (χ0n) is 10.1. The lowest BCUT2D eigenvalue weighted by atomic mass is 9.88. The second-order valence-corrected chi connectivity index (χ2v) is 5.30. The Balaban J connectivity index is 1.85. The Labute approximate surface area is 94.3 Å². The normalized spacial score (nSPS) is 27.8. The molecular weight excluding hydrogens is 182 g/mol. The Morgan fingerprint density at radius 3 is 2.60 bits per heavy atom. The van der Waals surface area contributed by atoms with Gasteiger partial charge in [0.15, 0.2) is 0 Å². The van der Waals surface area contributed by atoms with Crippen molar-refractivity contribution in [2.45, 2.75) is 70.8 Å². The summed E-state index contributed by atoms with van der Waals surface area (Å²) in [6.45, 7) is 3.62. The lowest BCUT2D eigenvalue weighted by molar-refractivity contribution is 0.396. The van der Waals surface area contributed by atoms with Crippen molar-refractivity contribution in [3.8, 4) is 0 Å². The van der Waals surface area contributed by atoms with Crippen LogP contribution in [0, 0.1) is 0 Å². The molecule has 0 amide bonds. The molecule has 0 radical (unpaired) electrons. The van der Waals surface area contributed by atoms with Gasteiger partial charge < -0.3 is 5.32 Å². The summed E-state index contributed by atoms with van der Waals surface area (Å²) in [6.07, 6.45) is 12.6. The number of rotatable bonds is 2. The molecule has 1 heteroatoms. The van der Waals surface area contributed by atoms with Crippen molar-refractivity contribution in [1.82, 2.24) is 5.32 Å². The molecule has 1 aliphatic heterocycles. The number of hydrogen-bond acceptors (Lipinski definition) is 1. The number of piperidine rings is 1. The number of allylic oxidation sites excluding steroid dienone is 1. The second kappa shape index (κ2) is 5.69. The van der Waals surface area contributed by atoms with Crippen molar-refractivity contribution in [3.05, 3.63) is 11.1 Å². The van der Waals surface area contributed by atoms with Crippen LogP contribution in [0.4, 0.5) is 0 Å². The average Bonchev–Trinajstić information content (AvgIpc) is 2.31. The molecule has 0 bridgehead atoms. The van der Waals surface area contributed by atoms with E-state index >= 15 is 0 Å². The van der Waals surface area contributed by atoms with Gasteiger partial charge in [-0.25, -0.2) is 0 Å². The summed E-state index contributed by atoms with van der Waals surface area (Å²) in [5.41, 5.74) is 3.49. The molecule has 1 heterocycles. The van der Waals surface area contributed by atoms with E-state index in [1.807, 2.05) is 0 Å². The molecule has 1 nitrogen and oxygen atoms in total. The third kappa shape index (κ3) is 3.34. The highest BCUT2D eigenvalue weighted by molar-refractivity contribution is 5.15. The van der Waals surface area contributed by atoms with Crippen LogP contribution in [0.3, 0.4) is 0 Å². The lowest BCUT2D eigenvalue weighted by Gasteiger charge is -2.25. The molecule has 1 aliphatic carbocycles. The predicted octanol–water partition coefficient (Wildman–Crippen LogP) is 3.80. The van der Waals surface area contributed by atoms with Gasteiger partial charge in [-0.2, -0.15) is 0 Å². The van der Waals surface area contributed by atoms with E-state index in [1.54, 1.807) is 11.1 Å². The van der Waals surface area contributed by atoms with E-state index < -0.39 is 0 Å². The highest BCUT2D eigenvalue weighted by Gasteiger charge is 2.15. The monoisotopic (exact) mass is 207 g/mol. The van der Waals surface area contributed by atoms with Crippen molar-refractivity contribution < 1.29 is 0 Å². The Kier molecular flexibility index (Phi) is 4.25. The summed E-state index contributed by atoms with van der Waals surface area (Å²) in [5, 5.41) is 3.65. The molecule has 15 heavy (non-hydrogen) atoms. The molecule has 1 N–H and O–H groups in total. The maximum Gasteiger partial charge on any atom is 0.0104 e. The number of nitrogens with one attached hydrogen (secondary N) is 1. The molecule has 2 aliphatic rings. The Bertz CT molecular complexity index is 215. The van der Waals surface area contributed by atoms with Gasteiger partial charge >= 0.3 is 0 Å². The molecule has 0 aromatic carbocycles. The molecule has 2 fully saturated rings. The molecular formula is C14H25N. The van der Waals surface area contributed by atoms with Crippen LogP contribution in [0.5, 0.6) is 0 Å². The molecule has 86 valence electrons. The lowest BCUT2D eigenvalue weighted by Crippen LogP contribution is -2.34. The zero-order chi connectivity index (χ0) is 10.5. The van der Waals surface area contributed by atoms with Gasteiger partial charge in [0, 0.05) is 6.04 Å². The summed E-state index contributed by atoms with van der Waals surface area (Å²) in [4.78, 5) is 0. The minimum atomic E-state index is 0.785. The van der Waals surface area contributed by atoms with Crippen LogP contribution in [0.2, 0.25) is 0 Å². The second-order valence-electron chi connectivity index (χ2n) is 5.30. The molecule has 0 aromatic rings. The summed E-state index contributed by atoms with van der Waals surface area (Å²) in [6, 6.07) is 0.785. The SMILES string of the molecule is CC(CC1CCCCN1)=C1CCCCC1. The van der Waals surface area contributed by atoms with Crippen LogP contribution in [-0.4, -0.2) is 12.6 Å². The molecule has 1 saturated heterocycles. The van der Waals surface area contributed by atoms with Gasteiger partial charge in [-0.15, -0.1) is 0 Å². The maximum atomic E-state index is 3.65. The Morgan fingerprint density at radius 1 is 1.13 bits per heavy atom. The summed E-state index contributed by atoms with van der Waals surface area (Å²) >= 11 is 0. The molecule has 1 saturated carbocycles. The molecule has 1 unspecified atom stereocenters. The van der Waals surface area contributed by atoms with E-state index in [1.165, 1.54) is 64.3 Å². The van der Waals surface area contributed by atoms with Crippen LogP contribution >= 0.6 is 0 Å². The van der Waals surface area contributed by atoms with Gasteiger partial charge in [-0.05, 0) is 58.4 Å². The maximum absolute atomic E-state index is 3.65. The average molecular weight is 207 g/mol. The minimum Gasteiger partial charge on any atom is -0.314 e. The van der Waals surface area contributed by atoms with E-state index in [0.29, 0.717) is 0 Å². The molecule has 0 spiro atoms. The van der Waals surface area contributed by atoms with Crippen molar-refractivity contribution in [2.75, 3.05) is 6.54 Å². The van der Waals surface area contributed by atoms with Crippen molar-refractivity contribution in [3.63, 3.8) is 0 Å². The van der Waals surface area contributed by atoms with E-state index in [4.69, 9.17) is 0 Å². The van der Waals surface area contributed by atoms with Gasteiger partial charge in [0.05, 0.1) is 0 Å². The zero-order valence-corrected chi connectivity index (χ0v) is 10.1. The first kappa shape index (κ1) is 11.2. The fourth-order valence-corrected chi connectivity index (χ4v) is 3.02. The molecule has 0 aromatic heterocycles. The highest BCUT2D eigenvalue weighted by Crippen LogP contribution is 2.28. The standard InChI is InChI=1S/C14H25N/c1-12(13-7-3-2-4-8-13)11-14-9-5-6-10-15-14/h14-15H,2-11H2,1H3. The van der Waals surface area contributed by atoms with Crippen LogP contribution < -0.4 is 5.32 Å². The summed E-state index contributed by atoms with van der Waals surface area (Å²) in [7, 11) is 0. The minimum absolute atomic E-state index is 0.785. The summed E-state index contributed by atoms with van der Waals surface area (Å²) in [5.74, 6) is 0. The van der Waals surface area contributed by atoms with Crippen LogP contribution in [-0.2, 0) is 0 Å². The van der Waals surface area contributed by atoms with Gasteiger partial charge in [-0.1, -0.05) is 24.0 Å². The van der Waals surface area contributed by atoms with Crippen LogP contribution in [0.1, 0.15) is 64.7 Å². The van der Waals surface area contributed by atoms with E-state index in [2.05, 4.69) is 12.2 Å². The predicted molar refractivity (Wildman–Crippen MR) is 66.0 cm³/mol. The van der Waals surface area contributed by atoms with Gasteiger partial charge in [0.2, 0.25) is 0 Å². The van der Waals surface area contributed by atoms with Gasteiger partial charge in [-0.3, -0.25) is 0 Å². The molecule has 2 rings (SSSR count). The van der Waals surface area contributed by atoms with Gasteiger partial charge in [0.25, 0.3) is 0 Å². The van der Waals surface area contributed by atoms with E-state index in [9.17, 15) is 0 Å². The first-order chi connectivity index (χ1) is 7.36. The summed E-state index contributed by atoms with van der Waals surface area (Å²) < 4.78 is 0. The van der Waals surface area contributed by atoms with Crippen molar-refractivity contribution >= 4 is 0 Å². The van der Waals surface area contributed by atoms with E-state index in [-0.39, 0.29) is 0 Å². The third-order valence-electron chi connectivity index (χ3n) is 4.03. The fraction of sp³-hybridized carbons (Fsp3) is 0.857. The van der Waals surface area contributed by atoms with Crippen molar-refractivity contribution in [2.24, 2.45) is 0 Å². The first-order valence-electron chi connectivity index (χ1n) is 6.77.